The molecule has 7 nitrogen and oxygen atoms in total. The molecule has 0 radical (unpaired) electrons. The number of aromatic hydroxyl groups is 1. The van der Waals surface area contributed by atoms with Crippen LogP contribution in [0.1, 0.15) is 16.1 Å². The Kier molecular flexibility index (Phi) is 3.77. The standard InChI is InChI=1S/C12H11NO6S/c14-9-3-1-8(2-4-9)7-13-20(17,18)11-6-5-10(19-11)12(15)16/h1-6,13-14H,7H2,(H,15,16). The highest BCUT2D eigenvalue weighted by atomic mass is 32.2. The fourth-order valence-corrected chi connectivity index (χ4v) is 2.39. The van der Waals surface area contributed by atoms with Crippen LogP contribution in [-0.4, -0.2) is 24.6 Å². The molecule has 0 bridgehead atoms. The van der Waals surface area contributed by atoms with Crippen molar-refractivity contribution in [2.45, 2.75) is 11.6 Å². The summed E-state index contributed by atoms with van der Waals surface area (Å²) in [4.78, 5) is 10.6. The first-order valence-electron chi connectivity index (χ1n) is 5.49. The summed E-state index contributed by atoms with van der Waals surface area (Å²) < 4.78 is 30.7. The Balaban J connectivity index is 2.10. The third-order valence-corrected chi connectivity index (χ3v) is 3.73. The number of phenols is 1. The Bertz CT molecular complexity index is 717. The van der Waals surface area contributed by atoms with Crippen LogP contribution in [0, 0.1) is 0 Å². The van der Waals surface area contributed by atoms with Crippen LogP contribution in [0.4, 0.5) is 0 Å². The third kappa shape index (κ3) is 3.16. The van der Waals surface area contributed by atoms with Crippen molar-refractivity contribution in [3.63, 3.8) is 0 Å². The molecule has 0 aliphatic heterocycles. The van der Waals surface area contributed by atoms with E-state index in [4.69, 9.17) is 14.6 Å². The quantitative estimate of drug-likeness (QED) is 0.762. The zero-order chi connectivity index (χ0) is 14.8. The molecule has 2 rings (SSSR count). The van der Waals surface area contributed by atoms with Crippen LogP contribution in [0.5, 0.6) is 5.75 Å². The van der Waals surface area contributed by atoms with Gasteiger partial charge in [-0.1, -0.05) is 12.1 Å². The number of carboxylic acids is 1. The molecule has 0 aliphatic rings. The topological polar surface area (TPSA) is 117 Å². The Labute approximate surface area is 114 Å². The van der Waals surface area contributed by atoms with Crippen molar-refractivity contribution in [1.82, 2.24) is 4.72 Å². The molecule has 0 aliphatic carbocycles. The van der Waals surface area contributed by atoms with Crippen molar-refractivity contribution in [2.24, 2.45) is 0 Å². The molecule has 1 aromatic heterocycles. The Morgan fingerprint density at radius 3 is 2.35 bits per heavy atom. The first kappa shape index (κ1) is 14.1. The molecule has 0 fully saturated rings. The summed E-state index contributed by atoms with van der Waals surface area (Å²) in [5.41, 5.74) is 0.636. The van der Waals surface area contributed by atoms with E-state index in [1.807, 2.05) is 0 Å². The number of carboxylic acid groups (broad SMARTS) is 1. The van der Waals surface area contributed by atoms with Crippen LogP contribution in [0.25, 0.3) is 0 Å². The zero-order valence-corrected chi connectivity index (χ0v) is 10.9. The minimum atomic E-state index is -3.92. The maximum Gasteiger partial charge on any atom is 0.371 e. The molecule has 8 heteroatoms. The van der Waals surface area contributed by atoms with Crippen LogP contribution < -0.4 is 4.72 Å². The van der Waals surface area contributed by atoms with Gasteiger partial charge in [0.2, 0.25) is 10.9 Å². The summed E-state index contributed by atoms with van der Waals surface area (Å²) in [6.45, 7) is -0.00822. The monoisotopic (exact) mass is 297 g/mol. The molecular formula is C12H11NO6S. The molecule has 106 valence electrons. The number of phenolic OH excluding ortho intramolecular Hbond substituents is 1. The highest BCUT2D eigenvalue weighted by Crippen LogP contribution is 2.15. The second-order valence-corrected chi connectivity index (χ2v) is 5.61. The number of benzene rings is 1. The number of carbonyl (C=O) groups is 1. The Hall–Kier alpha value is -2.32. The summed E-state index contributed by atoms with van der Waals surface area (Å²) in [5.74, 6) is -1.71. The first-order chi connectivity index (χ1) is 9.38. The van der Waals surface area contributed by atoms with E-state index in [2.05, 4.69) is 4.72 Å². The van der Waals surface area contributed by atoms with Crippen LogP contribution in [0.2, 0.25) is 0 Å². The van der Waals surface area contributed by atoms with Gasteiger partial charge in [0, 0.05) is 6.54 Å². The summed E-state index contributed by atoms with van der Waals surface area (Å²) >= 11 is 0. The zero-order valence-electron chi connectivity index (χ0n) is 10.1. The minimum absolute atomic E-state index is 0.00822. The summed E-state index contributed by atoms with van der Waals surface area (Å²) in [6.07, 6.45) is 0. The number of sulfonamides is 1. The van der Waals surface area contributed by atoms with Gasteiger partial charge in [-0.2, -0.15) is 0 Å². The highest BCUT2D eigenvalue weighted by Gasteiger charge is 2.20. The maximum absolute atomic E-state index is 11.9. The van der Waals surface area contributed by atoms with Crippen molar-refractivity contribution < 1.29 is 27.8 Å². The molecule has 0 spiro atoms. The van der Waals surface area contributed by atoms with Gasteiger partial charge in [-0.15, -0.1) is 0 Å². The molecule has 0 amide bonds. The fourth-order valence-electron chi connectivity index (χ4n) is 1.44. The predicted octanol–water partition coefficient (Wildman–Crippen LogP) is 1.16. The van der Waals surface area contributed by atoms with Gasteiger partial charge in [-0.05, 0) is 29.8 Å². The Morgan fingerprint density at radius 1 is 1.15 bits per heavy atom. The smallest absolute Gasteiger partial charge is 0.371 e. The number of hydrogen-bond acceptors (Lipinski definition) is 5. The maximum atomic E-state index is 11.9. The van der Waals surface area contributed by atoms with Gasteiger partial charge >= 0.3 is 5.97 Å². The van der Waals surface area contributed by atoms with E-state index in [0.29, 0.717) is 5.56 Å². The lowest BCUT2D eigenvalue weighted by molar-refractivity contribution is 0.0656. The number of hydrogen-bond donors (Lipinski definition) is 3. The Morgan fingerprint density at radius 2 is 1.80 bits per heavy atom. The number of furan rings is 1. The normalized spacial score (nSPS) is 11.4. The van der Waals surface area contributed by atoms with Crippen molar-refractivity contribution in [2.75, 3.05) is 0 Å². The lowest BCUT2D eigenvalue weighted by Crippen LogP contribution is -2.22. The number of nitrogens with one attached hydrogen (secondary N) is 1. The summed E-state index contributed by atoms with van der Waals surface area (Å²) in [6, 6.07) is 8.11. The molecule has 2 aromatic rings. The van der Waals surface area contributed by atoms with Crippen LogP contribution in [0.15, 0.2) is 45.9 Å². The third-order valence-electron chi connectivity index (χ3n) is 2.46. The average Bonchev–Trinajstić information content (AvgIpc) is 2.89. The molecule has 3 N–H and O–H groups in total. The molecular weight excluding hydrogens is 286 g/mol. The van der Waals surface area contributed by atoms with E-state index in [9.17, 15) is 13.2 Å². The van der Waals surface area contributed by atoms with Gasteiger partial charge in [-0.25, -0.2) is 17.9 Å². The molecule has 1 aromatic carbocycles. The van der Waals surface area contributed by atoms with Crippen LogP contribution in [0.3, 0.4) is 0 Å². The average molecular weight is 297 g/mol. The molecule has 1 heterocycles. The van der Waals surface area contributed by atoms with Gasteiger partial charge in [0.25, 0.3) is 10.0 Å². The second kappa shape index (κ2) is 5.35. The van der Waals surface area contributed by atoms with E-state index < -0.39 is 26.8 Å². The number of aromatic carboxylic acids is 1. The van der Waals surface area contributed by atoms with E-state index >= 15 is 0 Å². The molecule has 0 saturated carbocycles. The van der Waals surface area contributed by atoms with Crippen LogP contribution >= 0.6 is 0 Å². The minimum Gasteiger partial charge on any atom is -0.508 e. The van der Waals surface area contributed by atoms with E-state index in [1.165, 1.54) is 12.1 Å². The van der Waals surface area contributed by atoms with Crippen LogP contribution in [-0.2, 0) is 16.6 Å². The number of rotatable bonds is 5. The molecule has 0 atom stereocenters. The molecule has 20 heavy (non-hydrogen) atoms. The van der Waals surface area contributed by atoms with Gasteiger partial charge in [-0.3, -0.25) is 0 Å². The second-order valence-electron chi connectivity index (χ2n) is 3.91. The van der Waals surface area contributed by atoms with Crippen molar-refractivity contribution >= 4 is 16.0 Å². The van der Waals surface area contributed by atoms with Gasteiger partial charge in [0.15, 0.2) is 0 Å². The van der Waals surface area contributed by atoms with Gasteiger partial charge < -0.3 is 14.6 Å². The van der Waals surface area contributed by atoms with Crippen molar-refractivity contribution in [3.05, 3.63) is 47.7 Å². The van der Waals surface area contributed by atoms with Gasteiger partial charge in [0.1, 0.15) is 5.75 Å². The SMILES string of the molecule is O=C(O)c1ccc(S(=O)(=O)NCc2ccc(O)cc2)o1. The van der Waals surface area contributed by atoms with Gasteiger partial charge in [0.05, 0.1) is 0 Å². The van der Waals surface area contributed by atoms with Crippen molar-refractivity contribution in [1.29, 1.82) is 0 Å². The highest BCUT2D eigenvalue weighted by molar-refractivity contribution is 7.89. The fraction of sp³-hybridized carbons (Fsp3) is 0.0833. The van der Waals surface area contributed by atoms with Crippen molar-refractivity contribution in [3.8, 4) is 5.75 Å². The predicted molar refractivity (Wildman–Crippen MR) is 67.8 cm³/mol. The molecule has 0 unspecified atom stereocenters. The summed E-state index contributed by atoms with van der Waals surface area (Å²) in [7, 11) is -3.92. The first-order valence-corrected chi connectivity index (χ1v) is 6.97. The van der Waals surface area contributed by atoms with E-state index in [0.717, 1.165) is 12.1 Å². The molecule has 0 saturated heterocycles. The summed E-state index contributed by atoms with van der Waals surface area (Å²) in [5, 5.41) is 17.3. The lowest BCUT2D eigenvalue weighted by Gasteiger charge is -2.04. The largest absolute Gasteiger partial charge is 0.508 e. The van der Waals surface area contributed by atoms with E-state index in [1.54, 1.807) is 12.1 Å². The van der Waals surface area contributed by atoms with E-state index in [-0.39, 0.29) is 12.3 Å². The lowest BCUT2D eigenvalue weighted by atomic mass is 10.2.